The Balaban J connectivity index is 1.78. The van der Waals surface area contributed by atoms with E-state index in [-0.39, 0.29) is 30.0 Å². The summed E-state index contributed by atoms with van der Waals surface area (Å²) in [5.74, 6) is -0.227. The topological polar surface area (TPSA) is 97.0 Å². The van der Waals surface area contributed by atoms with Crippen LogP contribution in [0.1, 0.15) is 47.8 Å². The van der Waals surface area contributed by atoms with Crippen LogP contribution in [0.4, 0.5) is 4.39 Å². The molecule has 0 aliphatic heterocycles. The molecule has 0 saturated heterocycles. The lowest BCUT2D eigenvalue weighted by atomic mass is 10.0. The average Bonchev–Trinajstić information content (AvgIpc) is 3.44. The van der Waals surface area contributed by atoms with E-state index in [1.165, 1.54) is 30.3 Å². The molecule has 0 aliphatic rings. The van der Waals surface area contributed by atoms with Crippen molar-refractivity contribution >= 4 is 17.0 Å². The summed E-state index contributed by atoms with van der Waals surface area (Å²) >= 11 is 0. The summed E-state index contributed by atoms with van der Waals surface area (Å²) in [6.07, 6.45) is 5.16. The minimum Gasteiger partial charge on any atom is -0.479 e. The summed E-state index contributed by atoms with van der Waals surface area (Å²) in [5, 5.41) is 8.67. The summed E-state index contributed by atoms with van der Waals surface area (Å²) in [7, 11) is 1.50. The molecule has 3 aromatic heterocycles. The summed E-state index contributed by atoms with van der Waals surface area (Å²) in [5.41, 5.74) is 2.78. The molecule has 9 nitrogen and oxygen atoms in total. The van der Waals surface area contributed by atoms with Gasteiger partial charge in [-0.3, -0.25) is 4.68 Å². The van der Waals surface area contributed by atoms with Gasteiger partial charge in [0.15, 0.2) is 0 Å². The van der Waals surface area contributed by atoms with Crippen LogP contribution in [-0.2, 0) is 4.74 Å². The van der Waals surface area contributed by atoms with Crippen LogP contribution in [0.5, 0.6) is 5.88 Å². The molecule has 0 amide bonds. The van der Waals surface area contributed by atoms with Gasteiger partial charge in [-0.25, -0.2) is 18.9 Å². The Labute approximate surface area is 183 Å². The van der Waals surface area contributed by atoms with Gasteiger partial charge in [-0.2, -0.15) is 15.2 Å². The molecule has 0 aliphatic carbocycles. The van der Waals surface area contributed by atoms with Crippen molar-refractivity contribution in [1.29, 1.82) is 0 Å². The smallest absolute Gasteiger partial charge is 0.341 e. The van der Waals surface area contributed by atoms with Crippen LogP contribution in [0.3, 0.4) is 0 Å². The number of hydrogen-bond donors (Lipinski definition) is 0. The quantitative estimate of drug-likeness (QED) is 0.406. The first-order valence-electron chi connectivity index (χ1n) is 10.2. The fourth-order valence-corrected chi connectivity index (χ4v) is 3.52. The number of hydrogen-bond acceptors (Lipinski definition) is 7. The molecule has 4 rings (SSSR count). The van der Waals surface area contributed by atoms with E-state index in [2.05, 4.69) is 20.2 Å². The molecule has 32 heavy (non-hydrogen) atoms. The fourth-order valence-electron chi connectivity index (χ4n) is 3.52. The van der Waals surface area contributed by atoms with Crippen LogP contribution in [-0.4, -0.2) is 49.2 Å². The van der Waals surface area contributed by atoms with Crippen LogP contribution in [0.2, 0.25) is 0 Å². The third kappa shape index (κ3) is 3.79. The van der Waals surface area contributed by atoms with Gasteiger partial charge < -0.3 is 9.47 Å². The summed E-state index contributed by atoms with van der Waals surface area (Å²) in [6.45, 7) is 5.72. The highest BCUT2D eigenvalue weighted by Gasteiger charge is 2.22. The minimum atomic E-state index is -0.476. The van der Waals surface area contributed by atoms with Gasteiger partial charge >= 0.3 is 5.97 Å². The van der Waals surface area contributed by atoms with Crippen molar-refractivity contribution in [1.82, 2.24) is 29.5 Å². The number of fused-ring (bicyclic) bond motifs is 1. The van der Waals surface area contributed by atoms with Gasteiger partial charge in [0.2, 0.25) is 5.88 Å². The monoisotopic (exact) mass is 438 g/mol. The van der Waals surface area contributed by atoms with Crippen molar-refractivity contribution in [3.63, 3.8) is 0 Å². The Morgan fingerprint density at radius 2 is 2.00 bits per heavy atom. The van der Waals surface area contributed by atoms with Crippen LogP contribution < -0.4 is 4.74 Å². The Morgan fingerprint density at radius 3 is 2.69 bits per heavy atom. The Kier molecular flexibility index (Phi) is 5.85. The van der Waals surface area contributed by atoms with Gasteiger partial charge in [0.05, 0.1) is 37.7 Å². The second-order valence-electron chi connectivity index (χ2n) is 7.18. The maximum absolute atomic E-state index is 14.2. The molecule has 4 aromatic rings. The van der Waals surface area contributed by atoms with Crippen molar-refractivity contribution in [3.05, 3.63) is 59.3 Å². The molecule has 1 aromatic carbocycles. The number of halogens is 1. The number of methoxy groups -OCH3 is 1. The third-order valence-corrected chi connectivity index (χ3v) is 5.16. The number of aromatic nitrogens is 6. The van der Waals surface area contributed by atoms with Gasteiger partial charge in [-0.15, -0.1) is 0 Å². The molecular weight excluding hydrogens is 415 g/mol. The molecule has 0 spiro atoms. The number of ether oxygens (including phenoxy) is 2. The molecule has 0 radical (unpaired) electrons. The fraction of sp³-hybridized carbons (Fsp3) is 0.318. The summed E-state index contributed by atoms with van der Waals surface area (Å²) < 4.78 is 27.9. The number of nitrogens with zero attached hydrogens (tertiary/aromatic N) is 6. The predicted molar refractivity (Wildman–Crippen MR) is 115 cm³/mol. The molecule has 1 atom stereocenters. The number of esters is 1. The lowest BCUT2D eigenvalue weighted by Gasteiger charge is -2.18. The maximum Gasteiger partial charge on any atom is 0.341 e. The van der Waals surface area contributed by atoms with Crippen LogP contribution in [0.15, 0.2) is 36.8 Å². The minimum absolute atomic E-state index is 0.221. The van der Waals surface area contributed by atoms with E-state index >= 15 is 0 Å². The number of carbonyl (C=O) groups excluding carboxylic acids is 1. The summed E-state index contributed by atoms with van der Waals surface area (Å²) in [6, 6.07) is 4.94. The first-order valence-corrected chi connectivity index (χ1v) is 10.2. The van der Waals surface area contributed by atoms with Crippen molar-refractivity contribution in [2.75, 3.05) is 13.7 Å². The second kappa shape index (κ2) is 8.74. The van der Waals surface area contributed by atoms with Crippen molar-refractivity contribution in [2.24, 2.45) is 0 Å². The highest BCUT2D eigenvalue weighted by atomic mass is 19.1. The molecule has 0 saturated carbocycles. The van der Waals surface area contributed by atoms with Crippen LogP contribution >= 0.6 is 0 Å². The largest absolute Gasteiger partial charge is 0.479 e. The summed E-state index contributed by atoms with van der Waals surface area (Å²) in [4.78, 5) is 20.9. The highest BCUT2D eigenvalue weighted by Crippen LogP contribution is 2.31. The predicted octanol–water partition coefficient (Wildman–Crippen LogP) is 3.64. The number of aryl methyl sites for hydroxylation is 1. The molecule has 0 N–H and O–H groups in total. The van der Waals surface area contributed by atoms with Crippen molar-refractivity contribution in [3.8, 4) is 11.8 Å². The molecule has 3 heterocycles. The molecular formula is C22H23FN6O3. The number of rotatable bonds is 7. The zero-order valence-electron chi connectivity index (χ0n) is 18.2. The zero-order chi connectivity index (χ0) is 22.8. The number of carbonyl (C=O) groups is 1. The van der Waals surface area contributed by atoms with E-state index in [0.717, 1.165) is 5.56 Å². The van der Waals surface area contributed by atoms with Crippen molar-refractivity contribution < 1.29 is 18.7 Å². The molecule has 0 unspecified atom stereocenters. The average molecular weight is 438 g/mol. The number of benzene rings is 1. The van der Waals surface area contributed by atoms with E-state index < -0.39 is 5.97 Å². The van der Waals surface area contributed by atoms with Crippen molar-refractivity contribution in [2.45, 2.75) is 33.2 Å². The first-order chi connectivity index (χ1) is 15.5. The maximum atomic E-state index is 14.2. The SMILES string of the molecule is CCOC(=O)c1cnn(-c2nc(OC)c3c(cnn3[C@@H](CC)c3ccc(C)c(F)c3)n2)c1. The molecule has 0 fully saturated rings. The zero-order valence-corrected chi connectivity index (χ0v) is 18.2. The Morgan fingerprint density at radius 1 is 1.19 bits per heavy atom. The van der Waals surface area contributed by atoms with E-state index in [1.54, 1.807) is 30.8 Å². The molecule has 0 bridgehead atoms. The lowest BCUT2D eigenvalue weighted by molar-refractivity contribution is 0.0526. The van der Waals surface area contributed by atoms with Gasteiger partial charge in [0.1, 0.15) is 16.9 Å². The third-order valence-electron chi connectivity index (χ3n) is 5.16. The lowest BCUT2D eigenvalue weighted by Crippen LogP contribution is -2.13. The van der Waals surface area contributed by atoms with Gasteiger partial charge in [-0.1, -0.05) is 19.1 Å². The Hall–Kier alpha value is -3.82. The van der Waals surface area contributed by atoms with E-state index in [0.29, 0.717) is 28.9 Å². The Bertz CT molecular complexity index is 1280. The standard InChI is InChI=1S/C22H23FN6O3/c1-5-18(14-8-7-13(3)16(23)9-14)29-19-17(11-25-29)26-22(27-20(19)31-4)28-12-15(10-24-28)21(30)32-6-2/h7-12,18H,5-6H2,1-4H3/t18-/m0/s1. The molecule has 166 valence electrons. The second-order valence-corrected chi connectivity index (χ2v) is 7.18. The molecule has 10 heteroatoms. The first kappa shape index (κ1) is 21.4. The highest BCUT2D eigenvalue weighted by molar-refractivity contribution is 5.88. The van der Waals surface area contributed by atoms with E-state index in [4.69, 9.17) is 9.47 Å². The van der Waals surface area contributed by atoms with Crippen LogP contribution in [0, 0.1) is 12.7 Å². The van der Waals surface area contributed by atoms with Gasteiger partial charge in [0, 0.05) is 6.20 Å². The van der Waals surface area contributed by atoms with Gasteiger partial charge in [-0.05, 0) is 37.5 Å². The van der Waals surface area contributed by atoms with Crippen LogP contribution in [0.25, 0.3) is 17.0 Å². The normalized spacial score (nSPS) is 12.2. The van der Waals surface area contributed by atoms with E-state index in [1.807, 2.05) is 13.0 Å². The van der Waals surface area contributed by atoms with Gasteiger partial charge in [0.25, 0.3) is 5.95 Å². The van der Waals surface area contributed by atoms with E-state index in [9.17, 15) is 9.18 Å².